The van der Waals surface area contributed by atoms with E-state index in [1.165, 1.54) is 0 Å². The molecule has 0 saturated heterocycles. The number of ether oxygens (including phenoxy) is 1. The molecule has 0 atom stereocenters. The van der Waals surface area contributed by atoms with Crippen LogP contribution in [0.15, 0.2) is 48.2 Å². The van der Waals surface area contributed by atoms with Gasteiger partial charge in [0.2, 0.25) is 0 Å². The summed E-state index contributed by atoms with van der Waals surface area (Å²) in [6.07, 6.45) is 0. The first kappa shape index (κ1) is 9.22. The van der Waals surface area contributed by atoms with Crippen LogP contribution in [0.1, 0.15) is 5.56 Å². The number of allylic oxidation sites excluding steroid dienone is 1. The lowest BCUT2D eigenvalue weighted by molar-refractivity contribution is -0.132. The summed E-state index contributed by atoms with van der Waals surface area (Å²) < 4.78 is 4.80. The monoisotopic (exact) mass is 197 g/mol. The lowest BCUT2D eigenvalue weighted by Crippen LogP contribution is -1.95. The van der Waals surface area contributed by atoms with Crippen LogP contribution in [-0.2, 0) is 9.53 Å². The van der Waals surface area contributed by atoms with Gasteiger partial charge in [-0.25, -0.2) is 4.79 Å². The third kappa shape index (κ3) is 1.42. The van der Waals surface area contributed by atoms with Crippen molar-refractivity contribution >= 4 is 11.5 Å². The van der Waals surface area contributed by atoms with Gasteiger partial charge in [0.25, 0.3) is 0 Å². The fraction of sp³-hybridized carbons (Fsp3) is 0. The van der Waals surface area contributed by atoms with Gasteiger partial charge in [-0.05, 0) is 5.56 Å². The standard InChI is InChI=1S/C12H7NO2/c1-8-11(9-5-3-2-4-6-9)10(7-13)12(14)15-8/h2-6H,1H2. The number of rotatable bonds is 1. The highest BCUT2D eigenvalue weighted by molar-refractivity contribution is 6.09. The summed E-state index contributed by atoms with van der Waals surface area (Å²) in [5, 5.41) is 8.84. The van der Waals surface area contributed by atoms with Crippen molar-refractivity contribution in [3.63, 3.8) is 0 Å². The van der Waals surface area contributed by atoms with Crippen LogP contribution in [-0.4, -0.2) is 5.97 Å². The Kier molecular flexibility index (Phi) is 2.11. The van der Waals surface area contributed by atoms with Gasteiger partial charge in [-0.15, -0.1) is 0 Å². The highest BCUT2D eigenvalue weighted by atomic mass is 16.5. The molecule has 3 heteroatoms. The lowest BCUT2D eigenvalue weighted by Gasteiger charge is -2.01. The zero-order chi connectivity index (χ0) is 10.8. The Morgan fingerprint density at radius 1 is 1.27 bits per heavy atom. The molecule has 0 aromatic heterocycles. The normalized spacial score (nSPS) is 15.1. The van der Waals surface area contributed by atoms with E-state index in [1.54, 1.807) is 12.1 Å². The average molecular weight is 197 g/mol. The number of cyclic esters (lactones) is 1. The van der Waals surface area contributed by atoms with Crippen LogP contribution in [0.25, 0.3) is 5.57 Å². The maximum atomic E-state index is 11.2. The topological polar surface area (TPSA) is 50.1 Å². The van der Waals surface area contributed by atoms with Gasteiger partial charge in [0, 0.05) is 5.57 Å². The van der Waals surface area contributed by atoms with Crippen LogP contribution < -0.4 is 0 Å². The number of hydrogen-bond donors (Lipinski definition) is 0. The molecule has 0 unspecified atom stereocenters. The molecule has 0 N–H and O–H groups in total. The molecule has 1 heterocycles. The molecule has 0 amide bonds. The highest BCUT2D eigenvalue weighted by Gasteiger charge is 2.29. The van der Waals surface area contributed by atoms with Gasteiger partial charge in [-0.1, -0.05) is 36.9 Å². The molecule has 72 valence electrons. The van der Waals surface area contributed by atoms with E-state index in [0.717, 1.165) is 5.56 Å². The van der Waals surface area contributed by atoms with Crippen LogP contribution in [0.2, 0.25) is 0 Å². The van der Waals surface area contributed by atoms with Crippen LogP contribution >= 0.6 is 0 Å². The van der Waals surface area contributed by atoms with Crippen molar-refractivity contribution in [1.82, 2.24) is 0 Å². The second-order valence-electron chi connectivity index (χ2n) is 3.04. The van der Waals surface area contributed by atoms with Crippen LogP contribution in [0.3, 0.4) is 0 Å². The van der Waals surface area contributed by atoms with E-state index in [9.17, 15) is 4.79 Å². The van der Waals surface area contributed by atoms with Crippen LogP contribution in [0.5, 0.6) is 0 Å². The molecular formula is C12H7NO2. The minimum Gasteiger partial charge on any atom is -0.422 e. The molecule has 0 saturated carbocycles. The molecule has 1 aromatic rings. The van der Waals surface area contributed by atoms with E-state index in [4.69, 9.17) is 10.00 Å². The molecule has 0 aliphatic carbocycles. The molecule has 3 nitrogen and oxygen atoms in total. The Morgan fingerprint density at radius 2 is 1.93 bits per heavy atom. The first-order valence-corrected chi connectivity index (χ1v) is 4.35. The molecule has 0 bridgehead atoms. The molecule has 0 spiro atoms. The van der Waals surface area contributed by atoms with Gasteiger partial charge in [-0.2, -0.15) is 5.26 Å². The van der Waals surface area contributed by atoms with Crippen molar-refractivity contribution in [2.24, 2.45) is 0 Å². The summed E-state index contributed by atoms with van der Waals surface area (Å²) in [6, 6.07) is 11.0. The van der Waals surface area contributed by atoms with E-state index >= 15 is 0 Å². The van der Waals surface area contributed by atoms with E-state index in [1.807, 2.05) is 24.3 Å². The number of nitrogens with zero attached hydrogens (tertiary/aromatic N) is 1. The van der Waals surface area contributed by atoms with E-state index in [0.29, 0.717) is 5.57 Å². The van der Waals surface area contributed by atoms with Crippen LogP contribution in [0, 0.1) is 11.3 Å². The molecule has 15 heavy (non-hydrogen) atoms. The van der Waals surface area contributed by atoms with Gasteiger partial charge in [0.05, 0.1) is 0 Å². The minimum absolute atomic E-state index is 0.0196. The minimum atomic E-state index is -0.624. The summed E-state index contributed by atoms with van der Waals surface area (Å²) in [5.41, 5.74) is 1.28. The smallest absolute Gasteiger partial charge is 0.355 e. The summed E-state index contributed by atoms with van der Waals surface area (Å²) in [6.45, 7) is 3.61. The maximum absolute atomic E-state index is 11.2. The largest absolute Gasteiger partial charge is 0.422 e. The van der Waals surface area contributed by atoms with Crippen LogP contribution in [0.4, 0.5) is 0 Å². The van der Waals surface area contributed by atoms with Gasteiger partial charge in [0.15, 0.2) is 0 Å². The van der Waals surface area contributed by atoms with E-state index in [-0.39, 0.29) is 11.3 Å². The predicted molar refractivity (Wildman–Crippen MR) is 54.2 cm³/mol. The van der Waals surface area contributed by atoms with Gasteiger partial charge < -0.3 is 4.74 Å². The Bertz CT molecular complexity index is 506. The highest BCUT2D eigenvalue weighted by Crippen LogP contribution is 2.32. The first-order chi connectivity index (χ1) is 7.24. The fourth-order valence-electron chi connectivity index (χ4n) is 1.47. The van der Waals surface area contributed by atoms with Crippen molar-refractivity contribution in [2.45, 2.75) is 0 Å². The zero-order valence-electron chi connectivity index (χ0n) is 7.86. The van der Waals surface area contributed by atoms with Crippen molar-refractivity contribution in [3.8, 4) is 6.07 Å². The van der Waals surface area contributed by atoms with Gasteiger partial charge >= 0.3 is 5.97 Å². The third-order valence-corrected chi connectivity index (χ3v) is 2.12. The van der Waals surface area contributed by atoms with E-state index in [2.05, 4.69) is 6.58 Å². The number of esters is 1. The second kappa shape index (κ2) is 3.43. The zero-order valence-corrected chi connectivity index (χ0v) is 7.86. The molecule has 1 aliphatic heterocycles. The van der Waals surface area contributed by atoms with Crippen molar-refractivity contribution in [3.05, 3.63) is 53.8 Å². The molecule has 1 aliphatic rings. The molecule has 1 aromatic carbocycles. The molecule has 0 fully saturated rings. The lowest BCUT2D eigenvalue weighted by atomic mass is 10.0. The quantitative estimate of drug-likeness (QED) is 0.647. The summed E-state index contributed by atoms with van der Waals surface area (Å²) in [5.74, 6) is -0.385. The number of nitriles is 1. The van der Waals surface area contributed by atoms with Crippen molar-refractivity contribution < 1.29 is 9.53 Å². The number of hydrogen-bond acceptors (Lipinski definition) is 3. The van der Waals surface area contributed by atoms with Crippen molar-refractivity contribution in [1.29, 1.82) is 5.26 Å². The maximum Gasteiger partial charge on any atom is 0.355 e. The summed E-state index contributed by atoms with van der Waals surface area (Å²) in [7, 11) is 0. The Morgan fingerprint density at radius 3 is 2.53 bits per heavy atom. The van der Waals surface area contributed by atoms with Crippen molar-refractivity contribution in [2.75, 3.05) is 0 Å². The molecular weight excluding hydrogens is 190 g/mol. The molecule has 2 rings (SSSR count). The second-order valence-corrected chi connectivity index (χ2v) is 3.04. The SMILES string of the molecule is C=C1OC(=O)C(C#N)=C1c1ccccc1. The van der Waals surface area contributed by atoms with Gasteiger partial charge in [0.1, 0.15) is 17.4 Å². The molecule has 0 radical (unpaired) electrons. The van der Waals surface area contributed by atoms with E-state index < -0.39 is 5.97 Å². The first-order valence-electron chi connectivity index (χ1n) is 4.35. The average Bonchev–Trinajstić information content (AvgIpc) is 2.54. The summed E-state index contributed by atoms with van der Waals surface area (Å²) >= 11 is 0. The fourth-order valence-corrected chi connectivity index (χ4v) is 1.47. The summed E-state index contributed by atoms with van der Waals surface area (Å²) in [4.78, 5) is 11.2. The number of benzene rings is 1. The third-order valence-electron chi connectivity index (χ3n) is 2.12. The Balaban J connectivity index is 2.62. The number of carbonyl (C=O) groups excluding carboxylic acids is 1. The Hall–Kier alpha value is -2.34. The number of carbonyl (C=O) groups is 1. The van der Waals surface area contributed by atoms with Gasteiger partial charge in [-0.3, -0.25) is 0 Å². The Labute approximate surface area is 86.9 Å². The predicted octanol–water partition coefficient (Wildman–Crippen LogP) is 2.03.